The molecule has 3 rings (SSSR count). The second-order valence-corrected chi connectivity index (χ2v) is 12.0. The van der Waals surface area contributed by atoms with Gasteiger partial charge in [0.05, 0.1) is 12.7 Å². The monoisotopic (exact) mass is 469 g/mol. The first-order valence-electron chi connectivity index (χ1n) is 14.0. The van der Waals surface area contributed by atoms with Gasteiger partial charge in [-0.05, 0) is 103 Å². The van der Waals surface area contributed by atoms with Gasteiger partial charge < -0.3 is 4.74 Å². The molecule has 1 aromatic rings. The molecule has 0 unspecified atom stereocenters. The first-order valence-corrected chi connectivity index (χ1v) is 14.0. The van der Waals surface area contributed by atoms with Crippen molar-refractivity contribution >= 4 is 0 Å². The summed E-state index contributed by atoms with van der Waals surface area (Å²) in [5, 5.41) is 2.26. The number of piperidine rings is 1. The van der Waals surface area contributed by atoms with Crippen molar-refractivity contribution in [2.75, 3.05) is 13.2 Å². The fraction of sp³-hybridized carbons (Fsp3) is 0.742. The maximum atomic E-state index is 6.22. The molecule has 1 aromatic carbocycles. The van der Waals surface area contributed by atoms with Crippen LogP contribution in [0.5, 0.6) is 0 Å². The summed E-state index contributed by atoms with van der Waals surface area (Å²) < 4.78 is 6.17. The minimum atomic E-state index is 0.00158. The SMILES string of the molecule is C/C=C/CON1C(C)(C)CC(c2ccc(C3CCC(OCCCCCC)CC3)cc2)CC1(C)C. The van der Waals surface area contributed by atoms with Crippen LogP contribution in [0.2, 0.25) is 0 Å². The zero-order valence-corrected chi connectivity index (χ0v) is 22.9. The lowest BCUT2D eigenvalue weighted by atomic mass is 9.72. The van der Waals surface area contributed by atoms with Gasteiger partial charge in [-0.1, -0.05) is 62.6 Å². The molecule has 0 aromatic heterocycles. The third-order valence-electron chi connectivity index (χ3n) is 8.03. The van der Waals surface area contributed by atoms with Crippen molar-refractivity contribution in [3.8, 4) is 0 Å². The van der Waals surface area contributed by atoms with Gasteiger partial charge in [-0.3, -0.25) is 4.84 Å². The molecule has 0 spiro atoms. The molecular formula is C31H51NO2. The maximum Gasteiger partial charge on any atom is 0.0867 e. The van der Waals surface area contributed by atoms with Gasteiger partial charge in [0.2, 0.25) is 0 Å². The summed E-state index contributed by atoms with van der Waals surface area (Å²) in [5.74, 6) is 1.27. The number of nitrogens with zero attached hydrogens (tertiary/aromatic N) is 1. The van der Waals surface area contributed by atoms with E-state index in [1.54, 1.807) is 0 Å². The van der Waals surface area contributed by atoms with Crippen LogP contribution in [0.15, 0.2) is 36.4 Å². The summed E-state index contributed by atoms with van der Waals surface area (Å²) in [7, 11) is 0. The van der Waals surface area contributed by atoms with Gasteiger partial charge in [-0.2, -0.15) is 5.06 Å². The molecule has 2 aliphatic rings. The van der Waals surface area contributed by atoms with Crippen molar-refractivity contribution in [1.29, 1.82) is 0 Å². The van der Waals surface area contributed by atoms with E-state index in [0.717, 1.165) is 19.4 Å². The quantitative estimate of drug-likeness (QED) is 0.239. The van der Waals surface area contributed by atoms with Crippen LogP contribution in [0.25, 0.3) is 0 Å². The normalized spacial score (nSPS) is 25.7. The third kappa shape index (κ3) is 7.42. The molecule has 3 heteroatoms. The van der Waals surface area contributed by atoms with E-state index in [-0.39, 0.29) is 11.1 Å². The van der Waals surface area contributed by atoms with Crippen molar-refractivity contribution in [1.82, 2.24) is 5.06 Å². The van der Waals surface area contributed by atoms with E-state index in [1.165, 1.54) is 62.5 Å². The molecule has 1 saturated carbocycles. The van der Waals surface area contributed by atoms with E-state index in [2.05, 4.69) is 76.1 Å². The zero-order valence-electron chi connectivity index (χ0n) is 22.9. The molecule has 2 fully saturated rings. The van der Waals surface area contributed by atoms with Crippen LogP contribution in [0.3, 0.4) is 0 Å². The van der Waals surface area contributed by atoms with Crippen LogP contribution in [0, 0.1) is 0 Å². The average molecular weight is 470 g/mol. The number of benzene rings is 1. The van der Waals surface area contributed by atoms with Crippen molar-refractivity contribution in [2.45, 2.75) is 135 Å². The molecule has 3 nitrogen and oxygen atoms in total. The Morgan fingerprint density at radius 1 is 0.853 bits per heavy atom. The first-order chi connectivity index (χ1) is 16.3. The highest BCUT2D eigenvalue weighted by molar-refractivity contribution is 5.29. The molecule has 1 saturated heterocycles. The Labute approximate surface area is 210 Å². The van der Waals surface area contributed by atoms with E-state index in [0.29, 0.717) is 24.5 Å². The highest BCUT2D eigenvalue weighted by Crippen LogP contribution is 2.46. The lowest BCUT2D eigenvalue weighted by molar-refractivity contribution is -0.277. The van der Waals surface area contributed by atoms with E-state index >= 15 is 0 Å². The molecule has 0 atom stereocenters. The van der Waals surface area contributed by atoms with Crippen LogP contribution < -0.4 is 0 Å². The lowest BCUT2D eigenvalue weighted by Crippen LogP contribution is -2.59. The average Bonchev–Trinajstić information content (AvgIpc) is 2.80. The molecular weight excluding hydrogens is 418 g/mol. The molecule has 1 aliphatic heterocycles. The Morgan fingerprint density at radius 2 is 1.44 bits per heavy atom. The van der Waals surface area contributed by atoms with E-state index in [9.17, 15) is 0 Å². The topological polar surface area (TPSA) is 21.7 Å². The number of hydroxylamine groups is 2. The van der Waals surface area contributed by atoms with Crippen LogP contribution in [-0.4, -0.2) is 35.5 Å². The second-order valence-electron chi connectivity index (χ2n) is 12.0. The van der Waals surface area contributed by atoms with Gasteiger partial charge in [-0.25, -0.2) is 0 Å². The largest absolute Gasteiger partial charge is 0.378 e. The lowest BCUT2D eigenvalue weighted by Gasteiger charge is -2.54. The summed E-state index contributed by atoms with van der Waals surface area (Å²) in [4.78, 5) is 6.22. The molecule has 192 valence electrons. The van der Waals surface area contributed by atoms with Crippen molar-refractivity contribution in [2.24, 2.45) is 0 Å². The van der Waals surface area contributed by atoms with Crippen LogP contribution in [0.1, 0.15) is 129 Å². The Bertz CT molecular complexity index is 725. The predicted octanol–water partition coefficient (Wildman–Crippen LogP) is 8.55. The Balaban J connectivity index is 1.53. The second kappa shape index (κ2) is 12.7. The van der Waals surface area contributed by atoms with E-state index in [4.69, 9.17) is 9.57 Å². The Hall–Kier alpha value is -1.16. The zero-order chi connectivity index (χ0) is 24.6. The van der Waals surface area contributed by atoms with Gasteiger partial charge in [-0.15, -0.1) is 0 Å². The molecule has 0 radical (unpaired) electrons. The molecule has 1 heterocycles. The van der Waals surface area contributed by atoms with Gasteiger partial charge >= 0.3 is 0 Å². The van der Waals surface area contributed by atoms with Crippen molar-refractivity contribution in [3.63, 3.8) is 0 Å². The number of ether oxygens (including phenoxy) is 1. The number of hydrogen-bond donors (Lipinski definition) is 0. The number of hydrogen-bond acceptors (Lipinski definition) is 3. The highest BCUT2D eigenvalue weighted by atomic mass is 16.7. The maximum absolute atomic E-state index is 6.22. The summed E-state index contributed by atoms with van der Waals surface area (Å²) >= 11 is 0. The number of rotatable bonds is 11. The van der Waals surface area contributed by atoms with Crippen LogP contribution in [-0.2, 0) is 9.57 Å². The Morgan fingerprint density at radius 3 is 2.00 bits per heavy atom. The summed E-state index contributed by atoms with van der Waals surface area (Å²) in [6, 6.07) is 9.67. The molecule has 1 aliphatic carbocycles. The molecule has 0 bridgehead atoms. The predicted molar refractivity (Wildman–Crippen MR) is 144 cm³/mol. The van der Waals surface area contributed by atoms with E-state index < -0.39 is 0 Å². The van der Waals surface area contributed by atoms with Gasteiger partial charge in [0.25, 0.3) is 0 Å². The van der Waals surface area contributed by atoms with Gasteiger partial charge in [0.1, 0.15) is 0 Å². The van der Waals surface area contributed by atoms with Gasteiger partial charge in [0.15, 0.2) is 0 Å². The number of unbranched alkanes of at least 4 members (excludes halogenated alkanes) is 3. The molecule has 0 N–H and O–H groups in total. The smallest absolute Gasteiger partial charge is 0.0867 e. The highest BCUT2D eigenvalue weighted by Gasteiger charge is 2.46. The van der Waals surface area contributed by atoms with Gasteiger partial charge in [0, 0.05) is 17.7 Å². The minimum absolute atomic E-state index is 0.00158. The Kier molecular flexibility index (Phi) is 10.2. The van der Waals surface area contributed by atoms with Crippen molar-refractivity contribution < 1.29 is 9.57 Å². The third-order valence-corrected chi connectivity index (χ3v) is 8.03. The fourth-order valence-electron chi connectivity index (χ4n) is 6.44. The number of allylic oxidation sites excluding steroid dienone is 1. The van der Waals surface area contributed by atoms with Crippen molar-refractivity contribution in [3.05, 3.63) is 47.5 Å². The summed E-state index contributed by atoms with van der Waals surface area (Å²) in [6.07, 6.45) is 17.0. The summed E-state index contributed by atoms with van der Waals surface area (Å²) in [6.45, 7) is 15.2. The fourth-order valence-corrected chi connectivity index (χ4v) is 6.44. The standard InChI is InChI=1S/C31H51NO2/c1-7-9-11-12-21-33-29-19-17-26(18-20-29)25-13-15-27(16-14-25)28-23-30(3,4)32(31(5,6)24-28)34-22-10-8-2/h8,10,13-16,26,28-29H,7,9,11-12,17-24H2,1-6H3/b10-8+. The summed E-state index contributed by atoms with van der Waals surface area (Å²) in [5.41, 5.74) is 3.02. The molecule has 34 heavy (non-hydrogen) atoms. The van der Waals surface area contributed by atoms with Crippen LogP contribution in [0.4, 0.5) is 0 Å². The molecule has 0 amide bonds. The van der Waals surface area contributed by atoms with Crippen LogP contribution >= 0.6 is 0 Å². The van der Waals surface area contributed by atoms with E-state index in [1.807, 2.05) is 6.92 Å². The first kappa shape index (κ1) is 27.4. The minimum Gasteiger partial charge on any atom is -0.378 e.